The fourth-order valence-electron chi connectivity index (χ4n) is 1.95. The molecule has 21 heavy (non-hydrogen) atoms. The van der Waals surface area contributed by atoms with Crippen molar-refractivity contribution in [1.82, 2.24) is 0 Å². The number of ether oxygens (including phenoxy) is 1. The Balaban J connectivity index is 2.10. The third-order valence-electron chi connectivity index (χ3n) is 3.04. The number of benzene rings is 1. The van der Waals surface area contributed by atoms with E-state index < -0.39 is 0 Å². The van der Waals surface area contributed by atoms with Crippen molar-refractivity contribution in [2.45, 2.75) is 19.4 Å². The first kappa shape index (κ1) is 15.3. The molecule has 5 heteroatoms. The Labute approximate surface area is 123 Å². The van der Waals surface area contributed by atoms with Crippen LogP contribution in [0.1, 0.15) is 23.0 Å². The molecule has 0 aliphatic carbocycles. The molecule has 1 aromatic heterocycles. The van der Waals surface area contributed by atoms with Gasteiger partial charge in [-0.05, 0) is 31.2 Å². The van der Waals surface area contributed by atoms with Gasteiger partial charge in [-0.3, -0.25) is 0 Å². The fraction of sp³-hybridized carbons (Fsp3) is 0.312. The molecular formula is C16H19NO4. The zero-order chi connectivity index (χ0) is 15.2. The van der Waals surface area contributed by atoms with Crippen molar-refractivity contribution in [2.75, 3.05) is 13.2 Å². The van der Waals surface area contributed by atoms with Crippen LogP contribution in [0.15, 0.2) is 40.8 Å². The first-order valence-electron chi connectivity index (χ1n) is 6.86. The highest BCUT2D eigenvalue weighted by atomic mass is 16.5. The molecule has 5 nitrogen and oxygen atoms in total. The highest BCUT2D eigenvalue weighted by Gasteiger charge is 2.10. The summed E-state index contributed by atoms with van der Waals surface area (Å²) in [7, 11) is 0. The second kappa shape index (κ2) is 7.06. The largest absolute Gasteiger partial charge is 0.462 e. The Bertz CT molecular complexity index is 589. The van der Waals surface area contributed by atoms with Crippen molar-refractivity contribution >= 4 is 5.97 Å². The maximum Gasteiger partial charge on any atom is 0.338 e. The van der Waals surface area contributed by atoms with E-state index in [0.717, 1.165) is 11.3 Å². The van der Waals surface area contributed by atoms with Gasteiger partial charge in [0.25, 0.3) is 0 Å². The van der Waals surface area contributed by atoms with Gasteiger partial charge in [0.05, 0.1) is 18.8 Å². The molecule has 0 aliphatic rings. The molecule has 0 saturated carbocycles. The average molecular weight is 289 g/mol. The quantitative estimate of drug-likeness (QED) is 0.794. The molecule has 0 bridgehead atoms. The topological polar surface area (TPSA) is 85.7 Å². The number of carbonyl (C=O) groups excluding carboxylic acids is 1. The first-order chi connectivity index (χ1) is 10.1. The third kappa shape index (κ3) is 3.93. The minimum atomic E-state index is -0.335. The molecule has 2 rings (SSSR count). The van der Waals surface area contributed by atoms with Gasteiger partial charge >= 0.3 is 5.97 Å². The van der Waals surface area contributed by atoms with Gasteiger partial charge < -0.3 is 20.0 Å². The van der Waals surface area contributed by atoms with E-state index in [9.17, 15) is 4.79 Å². The molecule has 1 aromatic carbocycles. The number of esters is 1. The molecular weight excluding hydrogens is 270 g/mol. The summed E-state index contributed by atoms with van der Waals surface area (Å²) >= 11 is 0. The molecule has 1 unspecified atom stereocenters. The van der Waals surface area contributed by atoms with Crippen molar-refractivity contribution in [3.63, 3.8) is 0 Å². The third-order valence-corrected chi connectivity index (χ3v) is 3.04. The molecule has 0 fully saturated rings. The zero-order valence-corrected chi connectivity index (χ0v) is 11.9. The van der Waals surface area contributed by atoms with E-state index in [0.29, 0.717) is 24.4 Å². The summed E-state index contributed by atoms with van der Waals surface area (Å²) in [5, 5.41) is 8.94. The van der Waals surface area contributed by atoms with E-state index in [1.165, 1.54) is 0 Å². The Morgan fingerprint density at radius 3 is 2.62 bits per heavy atom. The van der Waals surface area contributed by atoms with Gasteiger partial charge in [0.15, 0.2) is 0 Å². The summed E-state index contributed by atoms with van der Waals surface area (Å²) in [6, 6.07) is 10.4. The van der Waals surface area contributed by atoms with Crippen LogP contribution in [0, 0.1) is 0 Å². The van der Waals surface area contributed by atoms with Crippen molar-refractivity contribution in [3.8, 4) is 11.3 Å². The van der Waals surface area contributed by atoms with Crippen LogP contribution in [0.4, 0.5) is 0 Å². The lowest BCUT2D eigenvalue weighted by atomic mass is 10.1. The number of nitrogens with two attached hydrogens (primary N) is 1. The number of furan rings is 1. The standard InChI is InChI=1S/C16H19NO4/c1-2-20-16(19)12-5-3-11(4-6-12)15-8-7-14(21-15)9-13(17)10-18/h3-8,13,18H,2,9-10,17H2,1H3. The molecule has 0 amide bonds. The SMILES string of the molecule is CCOC(=O)c1ccc(-c2ccc(CC(N)CO)o2)cc1. The molecule has 0 saturated heterocycles. The summed E-state index contributed by atoms with van der Waals surface area (Å²) in [5.74, 6) is 1.09. The van der Waals surface area contributed by atoms with E-state index >= 15 is 0 Å². The lowest BCUT2D eigenvalue weighted by Crippen LogP contribution is -2.26. The molecule has 0 spiro atoms. The van der Waals surface area contributed by atoms with Gasteiger partial charge in [-0.1, -0.05) is 12.1 Å². The van der Waals surface area contributed by atoms with Crippen LogP contribution in [0.2, 0.25) is 0 Å². The van der Waals surface area contributed by atoms with Gasteiger partial charge in [-0.2, -0.15) is 0 Å². The van der Waals surface area contributed by atoms with Gasteiger partial charge in [0.2, 0.25) is 0 Å². The lowest BCUT2D eigenvalue weighted by molar-refractivity contribution is 0.0526. The van der Waals surface area contributed by atoms with E-state index in [-0.39, 0.29) is 18.6 Å². The van der Waals surface area contributed by atoms with E-state index in [4.69, 9.17) is 20.0 Å². The molecule has 112 valence electrons. The summed E-state index contributed by atoms with van der Waals surface area (Å²) in [4.78, 5) is 11.6. The van der Waals surface area contributed by atoms with E-state index in [2.05, 4.69) is 0 Å². The van der Waals surface area contributed by atoms with Crippen molar-refractivity contribution in [1.29, 1.82) is 0 Å². The average Bonchev–Trinajstić information content (AvgIpc) is 2.96. The maximum absolute atomic E-state index is 11.6. The molecule has 1 atom stereocenters. The Morgan fingerprint density at radius 1 is 1.29 bits per heavy atom. The Hall–Kier alpha value is -2.11. The molecule has 3 N–H and O–H groups in total. The van der Waals surface area contributed by atoms with Crippen LogP contribution in [-0.2, 0) is 11.2 Å². The predicted molar refractivity (Wildman–Crippen MR) is 78.9 cm³/mol. The number of aliphatic hydroxyl groups is 1. The summed E-state index contributed by atoms with van der Waals surface area (Å²) in [6.07, 6.45) is 0.484. The number of hydrogen-bond acceptors (Lipinski definition) is 5. The van der Waals surface area contributed by atoms with Gasteiger partial charge in [0, 0.05) is 18.0 Å². The van der Waals surface area contributed by atoms with Gasteiger partial charge in [-0.25, -0.2) is 4.79 Å². The minimum absolute atomic E-state index is 0.0791. The zero-order valence-electron chi connectivity index (χ0n) is 11.9. The molecule has 0 aliphatic heterocycles. The van der Waals surface area contributed by atoms with E-state index in [1.54, 1.807) is 31.2 Å². The number of aliphatic hydroxyl groups excluding tert-OH is 1. The van der Waals surface area contributed by atoms with Crippen molar-refractivity contribution in [2.24, 2.45) is 5.73 Å². The van der Waals surface area contributed by atoms with Crippen LogP contribution in [0.5, 0.6) is 0 Å². The van der Waals surface area contributed by atoms with Gasteiger partial charge in [-0.15, -0.1) is 0 Å². The number of rotatable bonds is 6. The normalized spacial score (nSPS) is 12.1. The van der Waals surface area contributed by atoms with Crippen molar-refractivity contribution < 1.29 is 19.1 Å². The van der Waals surface area contributed by atoms with Crippen LogP contribution in [-0.4, -0.2) is 30.3 Å². The smallest absolute Gasteiger partial charge is 0.338 e. The monoisotopic (exact) mass is 289 g/mol. The maximum atomic E-state index is 11.6. The second-order valence-electron chi connectivity index (χ2n) is 4.71. The fourth-order valence-corrected chi connectivity index (χ4v) is 1.95. The summed E-state index contributed by atoms with van der Waals surface area (Å²) in [6.45, 7) is 2.05. The predicted octanol–water partition coefficient (Wildman–Crippen LogP) is 1.99. The van der Waals surface area contributed by atoms with Gasteiger partial charge in [0.1, 0.15) is 11.5 Å². The van der Waals surface area contributed by atoms with Crippen LogP contribution in [0.25, 0.3) is 11.3 Å². The minimum Gasteiger partial charge on any atom is -0.462 e. The lowest BCUT2D eigenvalue weighted by Gasteiger charge is -2.05. The van der Waals surface area contributed by atoms with Crippen LogP contribution < -0.4 is 5.73 Å². The Kier molecular flexibility index (Phi) is 5.14. The highest BCUT2D eigenvalue weighted by Crippen LogP contribution is 2.23. The van der Waals surface area contributed by atoms with Crippen LogP contribution >= 0.6 is 0 Å². The summed E-state index contributed by atoms with van der Waals surface area (Å²) in [5.41, 5.74) is 7.05. The molecule has 0 radical (unpaired) electrons. The first-order valence-corrected chi connectivity index (χ1v) is 6.86. The molecule has 1 heterocycles. The van der Waals surface area contributed by atoms with Crippen LogP contribution in [0.3, 0.4) is 0 Å². The van der Waals surface area contributed by atoms with Crippen molar-refractivity contribution in [3.05, 3.63) is 47.7 Å². The number of carbonyl (C=O) groups is 1. The second-order valence-corrected chi connectivity index (χ2v) is 4.71. The summed E-state index contributed by atoms with van der Waals surface area (Å²) < 4.78 is 10.6. The highest BCUT2D eigenvalue weighted by molar-refractivity contribution is 5.89. The number of hydrogen-bond donors (Lipinski definition) is 2. The Morgan fingerprint density at radius 2 is 2.00 bits per heavy atom. The molecule has 2 aromatic rings. The van der Waals surface area contributed by atoms with E-state index in [1.807, 2.05) is 12.1 Å².